The largest absolute Gasteiger partial charge is 0.479 e. The smallest absolute Gasteiger partial charge is 0.334 e. The average Bonchev–Trinajstić information content (AvgIpc) is 2.39. The number of nitrogens with zero attached hydrogens (tertiary/aromatic N) is 1. The summed E-state index contributed by atoms with van der Waals surface area (Å²) in [7, 11) is 0. The van der Waals surface area contributed by atoms with Crippen LogP contribution in [0.1, 0.15) is 6.42 Å². The molecule has 2 heterocycles. The molecule has 2 fully saturated rings. The van der Waals surface area contributed by atoms with Crippen molar-refractivity contribution in [3.63, 3.8) is 0 Å². The van der Waals surface area contributed by atoms with Gasteiger partial charge in [-0.2, -0.15) is 0 Å². The van der Waals surface area contributed by atoms with Crippen LogP contribution in [-0.4, -0.2) is 64.7 Å². The maximum Gasteiger partial charge on any atom is 0.334 e. The van der Waals surface area contributed by atoms with Crippen LogP contribution in [0, 0.1) is 0 Å². The van der Waals surface area contributed by atoms with Gasteiger partial charge in [-0.05, 0) is 6.08 Å². The zero-order valence-electron chi connectivity index (χ0n) is 8.21. The number of carbonyl (C=O) groups excluding carboxylic acids is 1. The summed E-state index contributed by atoms with van der Waals surface area (Å²) in [5.41, 5.74) is 0. The topological polar surface area (TPSA) is 87.1 Å². The van der Waals surface area contributed by atoms with Crippen LogP contribution >= 0.6 is 0 Å². The summed E-state index contributed by atoms with van der Waals surface area (Å²) in [4.78, 5) is 23.1. The molecule has 2 atom stereocenters. The Labute approximate surface area is 97.7 Å². The Bertz CT molecular complexity index is 329. The van der Waals surface area contributed by atoms with E-state index in [-0.39, 0.29) is 43.6 Å². The van der Waals surface area contributed by atoms with Crippen molar-refractivity contribution < 1.29 is 24.5 Å². The number of hydrogen-bond donors (Lipinski definition) is 2. The van der Waals surface area contributed by atoms with Gasteiger partial charge in [-0.1, -0.05) is 0 Å². The number of carboxylic acids is 1. The van der Waals surface area contributed by atoms with Gasteiger partial charge in [0.05, 0.1) is 13.0 Å². The Morgan fingerprint density at radius 2 is 2.33 bits per heavy atom. The fourth-order valence-corrected chi connectivity index (χ4v) is 1.66. The quantitative estimate of drug-likeness (QED) is 0.425. The first kappa shape index (κ1) is 12.1. The molecule has 0 aliphatic carbocycles. The number of carbonyl (C=O) groups is 2. The SMILES string of the molecule is O=C(O)[C@@H]1C(=CCO)O[C@@H]2CC(=O)N12.[Li]. The minimum Gasteiger partial charge on any atom is -0.479 e. The molecule has 1 radical (unpaired) electrons. The van der Waals surface area contributed by atoms with Crippen molar-refractivity contribution in [2.75, 3.05) is 6.61 Å². The van der Waals surface area contributed by atoms with E-state index in [1.807, 2.05) is 0 Å². The van der Waals surface area contributed by atoms with Gasteiger partial charge in [0.1, 0.15) is 5.76 Å². The van der Waals surface area contributed by atoms with Gasteiger partial charge in [0.25, 0.3) is 0 Å². The van der Waals surface area contributed by atoms with Crippen LogP contribution in [0.25, 0.3) is 0 Å². The number of fused-ring (bicyclic) bond motifs is 1. The summed E-state index contributed by atoms with van der Waals surface area (Å²) in [6, 6.07) is -1.06. The summed E-state index contributed by atoms with van der Waals surface area (Å²) in [5, 5.41) is 17.5. The van der Waals surface area contributed by atoms with E-state index in [4.69, 9.17) is 14.9 Å². The van der Waals surface area contributed by atoms with E-state index in [1.165, 1.54) is 11.0 Å². The second-order valence-electron chi connectivity index (χ2n) is 3.11. The summed E-state index contributed by atoms with van der Waals surface area (Å²) in [6.45, 7) is -0.298. The number of aliphatic hydroxyl groups excluding tert-OH is 1. The molecule has 0 aromatic rings. The number of carboxylic acid groups (broad SMARTS) is 1. The van der Waals surface area contributed by atoms with Crippen LogP contribution in [0.3, 0.4) is 0 Å². The fraction of sp³-hybridized carbons (Fsp3) is 0.500. The molecule has 0 spiro atoms. The van der Waals surface area contributed by atoms with Crippen LogP contribution in [-0.2, 0) is 14.3 Å². The Hall–Kier alpha value is -0.963. The Morgan fingerprint density at radius 3 is 2.80 bits per heavy atom. The van der Waals surface area contributed by atoms with Crippen LogP contribution in [0.4, 0.5) is 0 Å². The van der Waals surface area contributed by atoms with Crippen molar-refractivity contribution in [3.8, 4) is 0 Å². The van der Waals surface area contributed by atoms with Crippen molar-refractivity contribution in [2.24, 2.45) is 0 Å². The van der Waals surface area contributed by atoms with Crippen LogP contribution < -0.4 is 0 Å². The zero-order chi connectivity index (χ0) is 10.3. The van der Waals surface area contributed by atoms with Gasteiger partial charge in [-0.3, -0.25) is 9.69 Å². The standard InChI is InChI=1S/C8H9NO5.Li/c10-2-1-4-7(8(12)13)9-5(11)3-6(9)14-4;/h1,6-7,10H,2-3H2,(H,12,13);/t6-,7+;/m1./s1. The van der Waals surface area contributed by atoms with Crippen molar-refractivity contribution in [1.29, 1.82) is 0 Å². The predicted molar refractivity (Wildman–Crippen MR) is 48.7 cm³/mol. The van der Waals surface area contributed by atoms with Gasteiger partial charge < -0.3 is 14.9 Å². The molecular formula is C8H9LiNO5. The van der Waals surface area contributed by atoms with E-state index in [0.29, 0.717) is 0 Å². The molecule has 2 aliphatic rings. The van der Waals surface area contributed by atoms with Gasteiger partial charge in [-0.15, -0.1) is 0 Å². The zero-order valence-corrected chi connectivity index (χ0v) is 8.21. The third-order valence-corrected chi connectivity index (χ3v) is 2.29. The third kappa shape index (κ3) is 1.76. The summed E-state index contributed by atoms with van der Waals surface area (Å²) in [5.74, 6) is -1.22. The Balaban J connectivity index is 0.00000112. The van der Waals surface area contributed by atoms with E-state index in [0.717, 1.165) is 0 Å². The third-order valence-electron chi connectivity index (χ3n) is 2.29. The first-order chi connectivity index (χ1) is 6.65. The van der Waals surface area contributed by atoms with Gasteiger partial charge >= 0.3 is 5.97 Å². The van der Waals surface area contributed by atoms with Gasteiger partial charge in [0.15, 0.2) is 12.3 Å². The number of rotatable bonds is 2. The Kier molecular flexibility index (Phi) is 3.45. The molecule has 2 rings (SSSR count). The molecule has 7 heteroatoms. The monoisotopic (exact) mass is 206 g/mol. The Morgan fingerprint density at radius 1 is 1.67 bits per heavy atom. The van der Waals surface area contributed by atoms with Crippen LogP contribution in [0.5, 0.6) is 0 Å². The molecule has 0 aromatic heterocycles. The molecule has 77 valence electrons. The van der Waals surface area contributed by atoms with Crippen LogP contribution in [0.15, 0.2) is 11.8 Å². The molecule has 6 nitrogen and oxygen atoms in total. The number of aliphatic hydroxyl groups is 1. The molecule has 0 saturated carbocycles. The second-order valence-corrected chi connectivity index (χ2v) is 3.11. The molecule has 0 unspecified atom stereocenters. The van der Waals surface area contributed by atoms with E-state index >= 15 is 0 Å². The molecule has 0 aromatic carbocycles. The number of aliphatic carboxylic acids is 1. The summed E-state index contributed by atoms with van der Waals surface area (Å²) >= 11 is 0. The average molecular weight is 206 g/mol. The number of β-lactam (4-membered cyclic amide) rings is 1. The normalized spacial score (nSPS) is 30.3. The molecule has 2 aliphatic heterocycles. The minimum atomic E-state index is -1.14. The summed E-state index contributed by atoms with van der Waals surface area (Å²) in [6.07, 6.45) is 1.03. The molecule has 0 bridgehead atoms. The van der Waals surface area contributed by atoms with Crippen molar-refractivity contribution in [1.82, 2.24) is 4.90 Å². The van der Waals surface area contributed by atoms with Gasteiger partial charge in [0.2, 0.25) is 5.91 Å². The van der Waals surface area contributed by atoms with E-state index < -0.39 is 18.2 Å². The second kappa shape index (κ2) is 4.27. The first-order valence-electron chi connectivity index (χ1n) is 4.16. The fourth-order valence-electron chi connectivity index (χ4n) is 1.66. The molecule has 15 heavy (non-hydrogen) atoms. The molecule has 2 saturated heterocycles. The summed E-state index contributed by atoms with van der Waals surface area (Å²) < 4.78 is 5.17. The molecular weight excluding hydrogens is 197 g/mol. The maximum atomic E-state index is 11.1. The van der Waals surface area contributed by atoms with Crippen molar-refractivity contribution in [2.45, 2.75) is 18.7 Å². The van der Waals surface area contributed by atoms with E-state index in [1.54, 1.807) is 0 Å². The molecule has 1 amide bonds. The number of ether oxygens (including phenoxy) is 1. The van der Waals surface area contributed by atoms with Crippen molar-refractivity contribution in [3.05, 3.63) is 11.8 Å². The van der Waals surface area contributed by atoms with Crippen LogP contribution in [0.2, 0.25) is 0 Å². The minimum absolute atomic E-state index is 0. The maximum absolute atomic E-state index is 11.1. The predicted octanol–water partition coefficient (Wildman–Crippen LogP) is -1.48. The number of amides is 1. The van der Waals surface area contributed by atoms with Gasteiger partial charge in [0, 0.05) is 18.9 Å². The first-order valence-corrected chi connectivity index (χ1v) is 4.16. The van der Waals surface area contributed by atoms with E-state index in [9.17, 15) is 9.59 Å². The van der Waals surface area contributed by atoms with E-state index in [2.05, 4.69) is 0 Å². The molecule has 2 N–H and O–H groups in total. The van der Waals surface area contributed by atoms with Crippen molar-refractivity contribution >= 4 is 30.7 Å². The number of hydrogen-bond acceptors (Lipinski definition) is 4. The van der Waals surface area contributed by atoms with Gasteiger partial charge in [-0.25, -0.2) is 4.79 Å².